The van der Waals surface area contributed by atoms with Gasteiger partial charge in [0.2, 0.25) is 0 Å². The number of halogens is 1. The molecule has 0 unspecified atom stereocenters. The van der Waals surface area contributed by atoms with Crippen molar-refractivity contribution < 1.29 is 9.13 Å². The number of ether oxygens (including phenoxy) is 1. The number of hydrogen-bond donors (Lipinski definition) is 1. The SMILES string of the molecule is CN1C[C@@H](CN)Oc2c(-c3ccccc3F)cccc21. The molecule has 20 heavy (non-hydrogen) atoms. The van der Waals surface area contributed by atoms with Crippen molar-refractivity contribution in [2.45, 2.75) is 6.10 Å². The van der Waals surface area contributed by atoms with Gasteiger partial charge >= 0.3 is 0 Å². The molecular formula is C16H17FN2O. The first-order chi connectivity index (χ1) is 9.70. The molecule has 3 nitrogen and oxygen atoms in total. The third kappa shape index (κ3) is 2.12. The average Bonchev–Trinajstić information content (AvgIpc) is 2.47. The maximum absolute atomic E-state index is 14.0. The van der Waals surface area contributed by atoms with Gasteiger partial charge < -0.3 is 15.4 Å². The maximum atomic E-state index is 14.0. The second-order valence-electron chi connectivity index (χ2n) is 4.99. The van der Waals surface area contributed by atoms with E-state index in [1.165, 1.54) is 6.07 Å². The molecule has 0 spiro atoms. The number of fused-ring (bicyclic) bond motifs is 1. The molecule has 0 radical (unpaired) electrons. The Morgan fingerprint density at radius 3 is 2.70 bits per heavy atom. The summed E-state index contributed by atoms with van der Waals surface area (Å²) in [6, 6.07) is 12.5. The Kier molecular flexibility index (Phi) is 3.32. The first-order valence-corrected chi connectivity index (χ1v) is 6.66. The third-order valence-corrected chi connectivity index (χ3v) is 3.59. The van der Waals surface area contributed by atoms with Crippen molar-refractivity contribution in [2.75, 3.05) is 25.0 Å². The van der Waals surface area contributed by atoms with Crippen molar-refractivity contribution in [2.24, 2.45) is 5.73 Å². The van der Waals surface area contributed by atoms with Crippen molar-refractivity contribution in [1.82, 2.24) is 0 Å². The van der Waals surface area contributed by atoms with E-state index < -0.39 is 0 Å². The van der Waals surface area contributed by atoms with Crippen molar-refractivity contribution in [1.29, 1.82) is 0 Å². The molecule has 1 aliphatic rings. The van der Waals surface area contributed by atoms with Crippen LogP contribution < -0.4 is 15.4 Å². The Morgan fingerprint density at radius 1 is 1.20 bits per heavy atom. The lowest BCUT2D eigenvalue weighted by molar-refractivity contribution is 0.204. The van der Waals surface area contributed by atoms with E-state index in [2.05, 4.69) is 4.90 Å². The Hall–Kier alpha value is -2.07. The minimum atomic E-state index is -0.248. The van der Waals surface area contributed by atoms with Crippen LogP contribution in [0.2, 0.25) is 0 Å². The van der Waals surface area contributed by atoms with Gasteiger partial charge in [0.25, 0.3) is 0 Å². The lowest BCUT2D eigenvalue weighted by atomic mass is 10.0. The normalized spacial score (nSPS) is 17.6. The zero-order valence-corrected chi connectivity index (χ0v) is 11.3. The predicted octanol–water partition coefficient (Wildman–Crippen LogP) is 2.65. The molecule has 0 aromatic heterocycles. The van der Waals surface area contributed by atoms with Crippen LogP contribution in [-0.4, -0.2) is 26.2 Å². The fourth-order valence-electron chi connectivity index (χ4n) is 2.57. The molecule has 0 amide bonds. The molecule has 104 valence electrons. The minimum Gasteiger partial charge on any atom is -0.484 e. The molecule has 0 saturated carbocycles. The summed E-state index contributed by atoms with van der Waals surface area (Å²) in [6.07, 6.45) is -0.0691. The van der Waals surface area contributed by atoms with Crippen LogP contribution in [0.4, 0.5) is 10.1 Å². The van der Waals surface area contributed by atoms with Crippen LogP contribution in [0.1, 0.15) is 0 Å². The van der Waals surface area contributed by atoms with E-state index in [0.29, 0.717) is 17.9 Å². The summed E-state index contributed by atoms with van der Waals surface area (Å²) in [5.41, 5.74) is 8.00. The van der Waals surface area contributed by atoms with Gasteiger partial charge in [-0.25, -0.2) is 4.39 Å². The summed E-state index contributed by atoms with van der Waals surface area (Å²) in [5, 5.41) is 0. The van der Waals surface area contributed by atoms with Crippen LogP contribution in [0.5, 0.6) is 5.75 Å². The fraction of sp³-hybridized carbons (Fsp3) is 0.250. The maximum Gasteiger partial charge on any atom is 0.151 e. The fourth-order valence-corrected chi connectivity index (χ4v) is 2.57. The van der Waals surface area contributed by atoms with Crippen LogP contribution in [0.3, 0.4) is 0 Å². The van der Waals surface area contributed by atoms with Crippen LogP contribution in [0.15, 0.2) is 42.5 Å². The Bertz CT molecular complexity index is 630. The number of nitrogens with zero attached hydrogens (tertiary/aromatic N) is 1. The highest BCUT2D eigenvalue weighted by Crippen LogP contribution is 2.41. The summed E-state index contributed by atoms with van der Waals surface area (Å²) < 4.78 is 20.0. The van der Waals surface area contributed by atoms with Crippen molar-refractivity contribution >= 4 is 5.69 Å². The van der Waals surface area contributed by atoms with Crippen molar-refractivity contribution in [3.8, 4) is 16.9 Å². The van der Waals surface area contributed by atoms with Crippen molar-refractivity contribution in [3.63, 3.8) is 0 Å². The van der Waals surface area contributed by atoms with E-state index in [0.717, 1.165) is 17.8 Å². The molecule has 3 rings (SSSR count). The molecular weight excluding hydrogens is 255 g/mol. The summed E-state index contributed by atoms with van der Waals surface area (Å²) in [7, 11) is 2.00. The summed E-state index contributed by atoms with van der Waals surface area (Å²) in [5.74, 6) is 0.462. The minimum absolute atomic E-state index is 0.0691. The van der Waals surface area contributed by atoms with E-state index in [9.17, 15) is 4.39 Å². The number of para-hydroxylation sites is 1. The van der Waals surface area contributed by atoms with Gasteiger partial charge in [-0.2, -0.15) is 0 Å². The number of nitrogens with two attached hydrogens (primary N) is 1. The number of likely N-dealkylation sites (N-methyl/N-ethyl adjacent to an activating group) is 1. The molecule has 1 atom stereocenters. The summed E-state index contributed by atoms with van der Waals surface area (Å²) in [4.78, 5) is 2.10. The topological polar surface area (TPSA) is 38.5 Å². The largest absolute Gasteiger partial charge is 0.484 e. The summed E-state index contributed by atoms with van der Waals surface area (Å²) in [6.45, 7) is 1.18. The monoisotopic (exact) mass is 272 g/mol. The predicted molar refractivity (Wildman–Crippen MR) is 78.6 cm³/mol. The molecule has 4 heteroatoms. The Labute approximate surface area is 117 Å². The van der Waals surface area contributed by atoms with Gasteiger partial charge in [-0.3, -0.25) is 0 Å². The van der Waals surface area contributed by atoms with E-state index >= 15 is 0 Å². The van der Waals surface area contributed by atoms with Crippen LogP contribution in [-0.2, 0) is 0 Å². The molecule has 0 fully saturated rings. The van der Waals surface area contributed by atoms with Crippen LogP contribution in [0.25, 0.3) is 11.1 Å². The van der Waals surface area contributed by atoms with E-state index in [-0.39, 0.29) is 11.9 Å². The standard InChI is InChI=1S/C16H17FN2O/c1-19-10-11(9-18)20-16-13(6-4-8-15(16)19)12-5-2-3-7-14(12)17/h2-8,11H,9-10,18H2,1H3/t11-/m1/s1. The lowest BCUT2D eigenvalue weighted by Crippen LogP contribution is -2.42. The second-order valence-corrected chi connectivity index (χ2v) is 4.99. The number of hydrogen-bond acceptors (Lipinski definition) is 3. The quantitative estimate of drug-likeness (QED) is 0.913. The van der Waals surface area contributed by atoms with E-state index in [4.69, 9.17) is 10.5 Å². The number of benzene rings is 2. The van der Waals surface area contributed by atoms with Gasteiger partial charge in [0.05, 0.1) is 12.2 Å². The molecule has 1 heterocycles. The van der Waals surface area contributed by atoms with Crippen LogP contribution in [0, 0.1) is 5.82 Å². The average molecular weight is 272 g/mol. The molecule has 0 bridgehead atoms. The Morgan fingerprint density at radius 2 is 1.95 bits per heavy atom. The molecule has 0 saturated heterocycles. The highest BCUT2D eigenvalue weighted by Gasteiger charge is 2.25. The van der Waals surface area contributed by atoms with Gasteiger partial charge in [0.1, 0.15) is 11.9 Å². The smallest absolute Gasteiger partial charge is 0.151 e. The molecule has 2 aromatic carbocycles. The number of rotatable bonds is 2. The van der Waals surface area contributed by atoms with Gasteiger partial charge in [-0.15, -0.1) is 0 Å². The zero-order chi connectivity index (χ0) is 14.1. The summed E-state index contributed by atoms with van der Waals surface area (Å²) >= 11 is 0. The highest BCUT2D eigenvalue weighted by atomic mass is 19.1. The first-order valence-electron chi connectivity index (χ1n) is 6.66. The second kappa shape index (κ2) is 5.13. The van der Waals surface area contributed by atoms with Gasteiger partial charge in [0, 0.05) is 24.7 Å². The van der Waals surface area contributed by atoms with Gasteiger partial charge in [-0.1, -0.05) is 30.3 Å². The zero-order valence-electron chi connectivity index (χ0n) is 11.3. The first kappa shape index (κ1) is 12.9. The van der Waals surface area contributed by atoms with E-state index in [1.807, 2.05) is 31.3 Å². The van der Waals surface area contributed by atoms with E-state index in [1.54, 1.807) is 12.1 Å². The number of anilines is 1. The van der Waals surface area contributed by atoms with Crippen LogP contribution >= 0.6 is 0 Å². The van der Waals surface area contributed by atoms with Crippen molar-refractivity contribution in [3.05, 3.63) is 48.3 Å². The third-order valence-electron chi connectivity index (χ3n) is 3.59. The molecule has 2 aromatic rings. The molecule has 2 N–H and O–H groups in total. The highest BCUT2D eigenvalue weighted by molar-refractivity contribution is 5.79. The Balaban J connectivity index is 2.15. The van der Waals surface area contributed by atoms with Gasteiger partial charge in [-0.05, 0) is 12.1 Å². The molecule has 1 aliphatic heterocycles. The lowest BCUT2D eigenvalue weighted by Gasteiger charge is -2.34. The molecule has 0 aliphatic carbocycles. The van der Waals surface area contributed by atoms with Gasteiger partial charge in [0.15, 0.2) is 5.75 Å².